The molecule has 0 aliphatic heterocycles. The van der Waals surface area contributed by atoms with Crippen molar-refractivity contribution >= 4 is 5.97 Å². The van der Waals surface area contributed by atoms with Crippen molar-refractivity contribution in [2.24, 2.45) is 0 Å². The maximum absolute atomic E-state index is 11.2. The fourth-order valence-corrected chi connectivity index (χ4v) is 1.82. The van der Waals surface area contributed by atoms with Gasteiger partial charge in [-0.1, -0.05) is 6.08 Å². The number of allylic oxidation sites excluding steroid dienone is 1. The summed E-state index contributed by atoms with van der Waals surface area (Å²) in [6, 6.07) is 6.49. The highest BCUT2D eigenvalue weighted by molar-refractivity contribution is 5.76. The molecule has 0 radical (unpaired) electrons. The van der Waals surface area contributed by atoms with Gasteiger partial charge in [-0.15, -0.1) is 6.58 Å². The molecule has 20 heavy (non-hydrogen) atoms. The van der Waals surface area contributed by atoms with Crippen LogP contribution in [0.4, 0.5) is 0 Å². The SMILES string of the molecule is C=CCC(C(=O)O)c1cnc(-c2ccc(O)cc2)nc1. The summed E-state index contributed by atoms with van der Waals surface area (Å²) >= 11 is 0. The van der Waals surface area contributed by atoms with Crippen molar-refractivity contribution < 1.29 is 15.0 Å². The minimum absolute atomic E-state index is 0.169. The van der Waals surface area contributed by atoms with E-state index in [1.54, 1.807) is 30.3 Å². The first-order chi connectivity index (χ1) is 9.61. The third-order valence-corrected chi connectivity index (χ3v) is 2.90. The highest BCUT2D eigenvalue weighted by Crippen LogP contribution is 2.22. The minimum atomic E-state index is -0.925. The fraction of sp³-hybridized carbons (Fsp3) is 0.133. The van der Waals surface area contributed by atoms with E-state index in [9.17, 15) is 9.90 Å². The smallest absolute Gasteiger partial charge is 0.311 e. The van der Waals surface area contributed by atoms with Crippen LogP contribution in [-0.2, 0) is 4.79 Å². The molecule has 1 aromatic heterocycles. The van der Waals surface area contributed by atoms with Gasteiger partial charge >= 0.3 is 5.97 Å². The summed E-state index contributed by atoms with van der Waals surface area (Å²) < 4.78 is 0. The van der Waals surface area contributed by atoms with Crippen molar-refractivity contribution in [1.82, 2.24) is 9.97 Å². The first kappa shape index (κ1) is 13.7. The van der Waals surface area contributed by atoms with Gasteiger partial charge in [-0.3, -0.25) is 4.79 Å². The summed E-state index contributed by atoms with van der Waals surface area (Å²) in [7, 11) is 0. The highest BCUT2D eigenvalue weighted by atomic mass is 16.4. The van der Waals surface area contributed by atoms with Gasteiger partial charge in [0.2, 0.25) is 0 Å². The molecule has 1 heterocycles. The molecule has 0 amide bonds. The molecule has 1 aromatic carbocycles. The van der Waals surface area contributed by atoms with Crippen LogP contribution < -0.4 is 0 Å². The van der Waals surface area contributed by atoms with Crippen LogP contribution in [-0.4, -0.2) is 26.2 Å². The summed E-state index contributed by atoms with van der Waals surface area (Å²) in [5, 5.41) is 18.4. The standard InChI is InChI=1S/C15H14N2O3/c1-2-3-13(15(19)20)11-8-16-14(17-9-11)10-4-6-12(18)7-5-10/h2,4-9,13,18H,1,3H2,(H,19,20). The number of carbonyl (C=O) groups is 1. The third kappa shape index (κ3) is 3.00. The van der Waals surface area contributed by atoms with Crippen molar-refractivity contribution in [3.63, 3.8) is 0 Å². The van der Waals surface area contributed by atoms with Crippen LogP contribution >= 0.6 is 0 Å². The molecular formula is C15H14N2O3. The van der Waals surface area contributed by atoms with E-state index in [1.165, 1.54) is 12.4 Å². The number of benzene rings is 1. The highest BCUT2D eigenvalue weighted by Gasteiger charge is 2.19. The van der Waals surface area contributed by atoms with Gasteiger partial charge in [0.25, 0.3) is 0 Å². The molecule has 0 aliphatic rings. The van der Waals surface area contributed by atoms with Crippen molar-refractivity contribution in [1.29, 1.82) is 0 Å². The summed E-state index contributed by atoms with van der Waals surface area (Å²) in [5.41, 5.74) is 1.30. The number of aromatic hydroxyl groups is 1. The van der Waals surface area contributed by atoms with E-state index in [2.05, 4.69) is 16.5 Å². The second-order valence-electron chi connectivity index (χ2n) is 4.30. The van der Waals surface area contributed by atoms with E-state index in [1.807, 2.05) is 0 Å². The average Bonchev–Trinajstić information content (AvgIpc) is 2.45. The van der Waals surface area contributed by atoms with E-state index in [4.69, 9.17) is 5.11 Å². The largest absolute Gasteiger partial charge is 0.508 e. The number of nitrogens with zero attached hydrogens (tertiary/aromatic N) is 2. The maximum Gasteiger partial charge on any atom is 0.311 e. The number of carboxylic acid groups (broad SMARTS) is 1. The minimum Gasteiger partial charge on any atom is -0.508 e. The number of hydrogen-bond acceptors (Lipinski definition) is 4. The van der Waals surface area contributed by atoms with Crippen LogP contribution in [0.3, 0.4) is 0 Å². The van der Waals surface area contributed by atoms with Crippen LogP contribution in [0.25, 0.3) is 11.4 Å². The zero-order valence-corrected chi connectivity index (χ0v) is 10.7. The van der Waals surface area contributed by atoms with Gasteiger partial charge in [0.15, 0.2) is 5.82 Å². The first-order valence-electron chi connectivity index (χ1n) is 6.07. The predicted molar refractivity (Wildman–Crippen MR) is 74.3 cm³/mol. The lowest BCUT2D eigenvalue weighted by molar-refractivity contribution is -0.138. The van der Waals surface area contributed by atoms with Gasteiger partial charge in [0.05, 0.1) is 5.92 Å². The fourth-order valence-electron chi connectivity index (χ4n) is 1.82. The Morgan fingerprint density at radius 2 is 1.85 bits per heavy atom. The number of hydrogen-bond donors (Lipinski definition) is 2. The molecule has 0 fully saturated rings. The van der Waals surface area contributed by atoms with E-state index < -0.39 is 11.9 Å². The van der Waals surface area contributed by atoms with E-state index >= 15 is 0 Å². The molecule has 5 heteroatoms. The second kappa shape index (κ2) is 5.97. The maximum atomic E-state index is 11.2. The van der Waals surface area contributed by atoms with Crippen molar-refractivity contribution in [3.8, 4) is 17.1 Å². The van der Waals surface area contributed by atoms with E-state index in [0.717, 1.165) is 5.56 Å². The van der Waals surface area contributed by atoms with E-state index in [0.29, 0.717) is 17.8 Å². The Morgan fingerprint density at radius 1 is 1.25 bits per heavy atom. The van der Waals surface area contributed by atoms with Gasteiger partial charge in [-0.2, -0.15) is 0 Å². The number of carboxylic acids is 1. The number of aliphatic carboxylic acids is 1. The lowest BCUT2D eigenvalue weighted by atomic mass is 9.99. The van der Waals surface area contributed by atoms with Crippen LogP contribution in [0.1, 0.15) is 17.9 Å². The van der Waals surface area contributed by atoms with Gasteiger partial charge in [0, 0.05) is 23.5 Å². The average molecular weight is 270 g/mol. The van der Waals surface area contributed by atoms with Crippen molar-refractivity contribution in [2.45, 2.75) is 12.3 Å². The first-order valence-corrected chi connectivity index (χ1v) is 6.07. The van der Waals surface area contributed by atoms with Gasteiger partial charge in [-0.05, 0) is 30.7 Å². The van der Waals surface area contributed by atoms with Crippen molar-refractivity contribution in [2.75, 3.05) is 0 Å². The summed E-state index contributed by atoms with van der Waals surface area (Å²) in [6.07, 6.45) is 4.92. The molecule has 2 N–H and O–H groups in total. The molecule has 0 bridgehead atoms. The summed E-state index contributed by atoms with van der Waals surface area (Å²) in [4.78, 5) is 19.5. The Labute approximate surface area is 116 Å². The second-order valence-corrected chi connectivity index (χ2v) is 4.30. The molecule has 0 saturated carbocycles. The molecule has 2 rings (SSSR count). The zero-order chi connectivity index (χ0) is 14.5. The van der Waals surface area contributed by atoms with E-state index in [-0.39, 0.29) is 5.75 Å². The lowest BCUT2D eigenvalue weighted by Crippen LogP contribution is -2.11. The molecule has 1 atom stereocenters. The number of aromatic nitrogens is 2. The van der Waals surface area contributed by atoms with Gasteiger partial charge < -0.3 is 10.2 Å². The van der Waals surface area contributed by atoms with Crippen LogP contribution in [0, 0.1) is 0 Å². The molecule has 5 nitrogen and oxygen atoms in total. The zero-order valence-electron chi connectivity index (χ0n) is 10.7. The predicted octanol–water partition coefficient (Wildman–Crippen LogP) is 2.59. The van der Waals surface area contributed by atoms with Crippen LogP contribution in [0.2, 0.25) is 0 Å². The van der Waals surface area contributed by atoms with Gasteiger partial charge in [-0.25, -0.2) is 9.97 Å². The number of phenols is 1. The quantitative estimate of drug-likeness (QED) is 0.816. The molecular weight excluding hydrogens is 256 g/mol. The molecule has 2 aromatic rings. The Morgan fingerprint density at radius 3 is 2.35 bits per heavy atom. The Hall–Kier alpha value is -2.69. The number of rotatable bonds is 5. The summed E-state index contributed by atoms with van der Waals surface area (Å²) in [5.74, 6) is -0.953. The Balaban J connectivity index is 2.27. The van der Waals surface area contributed by atoms with Crippen LogP contribution in [0.15, 0.2) is 49.3 Å². The molecule has 0 aliphatic carbocycles. The van der Waals surface area contributed by atoms with Crippen molar-refractivity contribution in [3.05, 3.63) is 54.9 Å². The molecule has 1 unspecified atom stereocenters. The summed E-state index contributed by atoms with van der Waals surface area (Å²) in [6.45, 7) is 3.55. The third-order valence-electron chi connectivity index (χ3n) is 2.90. The molecule has 0 spiro atoms. The molecule has 0 saturated heterocycles. The topological polar surface area (TPSA) is 83.3 Å². The van der Waals surface area contributed by atoms with Gasteiger partial charge in [0.1, 0.15) is 5.75 Å². The molecule has 102 valence electrons. The lowest BCUT2D eigenvalue weighted by Gasteiger charge is -2.09. The Kier molecular flexibility index (Phi) is 4.10. The Bertz CT molecular complexity index is 606. The normalized spacial score (nSPS) is 11.8. The monoisotopic (exact) mass is 270 g/mol. The number of phenolic OH excluding ortho intramolecular Hbond substituents is 1. The van der Waals surface area contributed by atoms with Crippen LogP contribution in [0.5, 0.6) is 5.75 Å².